The molecule has 0 amide bonds. The Hall–Kier alpha value is -0.0200. The molecule has 4 nitrogen and oxygen atoms in total. The molecule has 0 spiro atoms. The molecule has 0 aromatic carbocycles. The van der Waals surface area contributed by atoms with E-state index in [2.05, 4.69) is 47.7 Å². The van der Waals surface area contributed by atoms with E-state index >= 15 is 0 Å². The number of hydrogen-bond acceptors (Lipinski definition) is 4. The van der Waals surface area contributed by atoms with Gasteiger partial charge in [0.05, 0.1) is 17.7 Å². The van der Waals surface area contributed by atoms with E-state index in [-0.39, 0.29) is 24.0 Å². The number of rotatable bonds is 4. The first-order valence-electron chi connectivity index (χ1n) is 7.28. The largest absolute Gasteiger partial charge is 0.357 e. The van der Waals surface area contributed by atoms with Gasteiger partial charge in [0.15, 0.2) is 5.96 Å². The van der Waals surface area contributed by atoms with Crippen molar-refractivity contribution in [2.45, 2.75) is 39.0 Å². The van der Waals surface area contributed by atoms with Crippen LogP contribution in [0.25, 0.3) is 0 Å². The fourth-order valence-electron chi connectivity index (χ4n) is 2.21. The minimum atomic E-state index is 0. The lowest BCUT2D eigenvalue weighted by Gasteiger charge is -2.34. The van der Waals surface area contributed by atoms with Gasteiger partial charge in [0, 0.05) is 35.5 Å². The van der Waals surface area contributed by atoms with Gasteiger partial charge in [-0.25, -0.2) is 9.98 Å². The number of nitrogens with one attached hydrogen (secondary N) is 1. The van der Waals surface area contributed by atoms with E-state index in [0.717, 1.165) is 43.1 Å². The van der Waals surface area contributed by atoms with Crippen molar-refractivity contribution in [2.75, 3.05) is 25.4 Å². The lowest BCUT2D eigenvalue weighted by atomic mass is 10.3. The van der Waals surface area contributed by atoms with E-state index < -0.39 is 0 Å². The fraction of sp³-hybridized carbons (Fsp3) is 0.714. The minimum absolute atomic E-state index is 0. The molecule has 0 saturated carbocycles. The van der Waals surface area contributed by atoms with E-state index in [4.69, 9.17) is 4.99 Å². The molecule has 0 bridgehead atoms. The lowest BCUT2D eigenvalue weighted by Crippen LogP contribution is -2.48. The van der Waals surface area contributed by atoms with E-state index in [9.17, 15) is 0 Å². The van der Waals surface area contributed by atoms with Crippen LogP contribution in [0.2, 0.25) is 0 Å². The van der Waals surface area contributed by atoms with E-state index in [1.165, 1.54) is 17.1 Å². The highest BCUT2D eigenvalue weighted by molar-refractivity contribution is 14.0. The normalized spacial score (nSPS) is 19.3. The number of hydrogen-bond donors (Lipinski definition) is 1. The topological polar surface area (TPSA) is 40.5 Å². The summed E-state index contributed by atoms with van der Waals surface area (Å²) in [6.07, 6.45) is 1.23. The molecule has 1 fully saturated rings. The van der Waals surface area contributed by atoms with Crippen LogP contribution < -0.4 is 5.32 Å². The molecule has 1 aromatic heterocycles. The molecule has 1 aliphatic rings. The number of guanidine groups is 1. The first kappa shape index (κ1) is 19.0. The quantitative estimate of drug-likeness (QED) is 0.443. The molecule has 1 saturated heterocycles. The molecular weight excluding hydrogens is 415 g/mol. The monoisotopic (exact) mass is 440 g/mol. The Morgan fingerprint density at radius 2 is 2.33 bits per heavy atom. The molecule has 1 aliphatic heterocycles. The molecule has 1 aromatic rings. The SMILES string of the molecule is CCNC(=NCc1scnc1C)N1CCSC(CC)C1.I. The van der Waals surface area contributed by atoms with Gasteiger partial charge in [-0.3, -0.25) is 0 Å². The maximum atomic E-state index is 4.80. The van der Waals surface area contributed by atoms with Gasteiger partial charge in [0.1, 0.15) is 0 Å². The van der Waals surface area contributed by atoms with Crippen LogP contribution in [0.5, 0.6) is 0 Å². The summed E-state index contributed by atoms with van der Waals surface area (Å²) in [4.78, 5) is 12.8. The first-order valence-corrected chi connectivity index (χ1v) is 9.21. The number of nitrogens with zero attached hydrogens (tertiary/aromatic N) is 3. The first-order chi connectivity index (χ1) is 9.74. The summed E-state index contributed by atoms with van der Waals surface area (Å²) in [6.45, 7) is 10.3. The highest BCUT2D eigenvalue weighted by Crippen LogP contribution is 2.21. The smallest absolute Gasteiger partial charge is 0.194 e. The predicted octanol–water partition coefficient (Wildman–Crippen LogP) is 3.36. The average molecular weight is 440 g/mol. The third-order valence-electron chi connectivity index (χ3n) is 3.45. The molecule has 120 valence electrons. The molecule has 0 radical (unpaired) electrons. The van der Waals surface area contributed by atoms with Gasteiger partial charge in [-0.05, 0) is 20.3 Å². The summed E-state index contributed by atoms with van der Waals surface area (Å²) in [5.41, 5.74) is 3.01. The number of aliphatic imine (C=N–C) groups is 1. The molecule has 1 unspecified atom stereocenters. The van der Waals surface area contributed by atoms with Crippen molar-refractivity contribution < 1.29 is 0 Å². The van der Waals surface area contributed by atoms with Crippen LogP contribution in [0.3, 0.4) is 0 Å². The molecule has 2 rings (SSSR count). The van der Waals surface area contributed by atoms with Crippen LogP contribution in [0.1, 0.15) is 30.8 Å². The standard InChI is InChI=1S/C14H24N4S2.HI/c1-4-12-9-18(6-7-19-12)14(15-5-2)16-8-13-11(3)17-10-20-13;/h10,12H,4-9H2,1-3H3,(H,15,16);1H. The second-order valence-electron chi connectivity index (χ2n) is 4.88. The molecule has 1 atom stereocenters. The van der Waals surface area contributed by atoms with Crippen LogP contribution in [-0.2, 0) is 6.54 Å². The number of halogens is 1. The zero-order valence-electron chi connectivity index (χ0n) is 13.0. The van der Waals surface area contributed by atoms with E-state index in [0.29, 0.717) is 0 Å². The van der Waals surface area contributed by atoms with Gasteiger partial charge >= 0.3 is 0 Å². The summed E-state index contributed by atoms with van der Waals surface area (Å²) in [5.74, 6) is 2.25. The van der Waals surface area contributed by atoms with Crippen molar-refractivity contribution in [2.24, 2.45) is 4.99 Å². The van der Waals surface area contributed by atoms with Gasteiger partial charge in [-0.2, -0.15) is 11.8 Å². The third-order valence-corrected chi connectivity index (χ3v) is 5.74. The number of aryl methyl sites for hydroxylation is 1. The van der Waals surface area contributed by atoms with Crippen molar-refractivity contribution in [3.05, 3.63) is 16.1 Å². The maximum absolute atomic E-state index is 4.80. The van der Waals surface area contributed by atoms with Crippen LogP contribution >= 0.6 is 47.1 Å². The zero-order chi connectivity index (χ0) is 14.4. The molecule has 2 heterocycles. The van der Waals surface area contributed by atoms with Crippen LogP contribution in [-0.4, -0.2) is 46.5 Å². The molecular formula is C14H25IN4S2. The predicted molar refractivity (Wildman–Crippen MR) is 105 cm³/mol. The van der Waals surface area contributed by atoms with Crippen molar-refractivity contribution in [1.29, 1.82) is 0 Å². The lowest BCUT2D eigenvalue weighted by molar-refractivity contribution is 0.408. The maximum Gasteiger partial charge on any atom is 0.194 e. The van der Waals surface area contributed by atoms with Gasteiger partial charge in [-0.15, -0.1) is 35.3 Å². The summed E-state index contributed by atoms with van der Waals surface area (Å²) in [5, 5.41) is 4.16. The van der Waals surface area contributed by atoms with Gasteiger partial charge in [0.2, 0.25) is 0 Å². The number of aromatic nitrogens is 1. The Morgan fingerprint density at radius 1 is 1.52 bits per heavy atom. The van der Waals surface area contributed by atoms with Gasteiger partial charge < -0.3 is 10.2 Å². The van der Waals surface area contributed by atoms with E-state index in [1.807, 2.05) is 5.51 Å². The van der Waals surface area contributed by atoms with Gasteiger partial charge in [0.25, 0.3) is 0 Å². The highest BCUT2D eigenvalue weighted by Gasteiger charge is 2.21. The fourth-order valence-corrected chi connectivity index (χ4v) is 4.09. The highest BCUT2D eigenvalue weighted by atomic mass is 127. The molecule has 21 heavy (non-hydrogen) atoms. The summed E-state index contributed by atoms with van der Waals surface area (Å²) in [7, 11) is 0. The molecule has 0 aliphatic carbocycles. The Balaban J connectivity index is 0.00000220. The van der Waals surface area contributed by atoms with Crippen LogP contribution in [0.15, 0.2) is 10.5 Å². The van der Waals surface area contributed by atoms with Crippen LogP contribution in [0.4, 0.5) is 0 Å². The molecule has 1 N–H and O–H groups in total. The van der Waals surface area contributed by atoms with Crippen molar-refractivity contribution in [3.8, 4) is 0 Å². The third kappa shape index (κ3) is 5.59. The average Bonchev–Trinajstić information content (AvgIpc) is 2.89. The zero-order valence-corrected chi connectivity index (χ0v) is 16.9. The summed E-state index contributed by atoms with van der Waals surface area (Å²) < 4.78 is 0. The second kappa shape index (κ2) is 9.89. The Labute approximate surface area is 153 Å². The van der Waals surface area contributed by atoms with Gasteiger partial charge in [-0.1, -0.05) is 6.92 Å². The van der Waals surface area contributed by atoms with Crippen molar-refractivity contribution >= 4 is 53.0 Å². The number of thioether (sulfide) groups is 1. The Kier molecular flexibility index (Phi) is 8.96. The van der Waals surface area contributed by atoms with E-state index in [1.54, 1.807) is 11.3 Å². The minimum Gasteiger partial charge on any atom is -0.357 e. The van der Waals surface area contributed by atoms with Crippen LogP contribution in [0, 0.1) is 6.92 Å². The molecule has 7 heteroatoms. The summed E-state index contributed by atoms with van der Waals surface area (Å²) in [6, 6.07) is 0. The summed E-state index contributed by atoms with van der Waals surface area (Å²) >= 11 is 3.78. The van der Waals surface area contributed by atoms with Crippen molar-refractivity contribution in [3.63, 3.8) is 0 Å². The second-order valence-corrected chi connectivity index (χ2v) is 7.23. The van der Waals surface area contributed by atoms with Crippen molar-refractivity contribution in [1.82, 2.24) is 15.2 Å². The Morgan fingerprint density at radius 3 is 2.95 bits per heavy atom. The Bertz CT molecular complexity index is 450. The number of thiazole rings is 1.